The van der Waals surface area contributed by atoms with Gasteiger partial charge in [-0.05, 0) is 39.3 Å². The monoisotopic (exact) mass is 494 g/mol. The smallest absolute Gasteiger partial charge is 0.191 e. The topological polar surface area (TPSA) is 48.9 Å². The second-order valence-electron chi connectivity index (χ2n) is 7.35. The molecule has 1 aliphatic heterocycles. The highest BCUT2D eigenvalue weighted by Gasteiger charge is 2.33. The number of guanidine groups is 1. The molecule has 5 nitrogen and oxygen atoms in total. The maximum Gasteiger partial charge on any atom is 0.191 e. The zero-order chi connectivity index (χ0) is 18.4. The zero-order valence-corrected chi connectivity index (χ0v) is 19.5. The first kappa shape index (κ1) is 23.5. The molecule has 26 heavy (non-hydrogen) atoms. The van der Waals surface area contributed by atoms with Crippen molar-refractivity contribution in [1.82, 2.24) is 15.5 Å². The number of nitrogens with zero attached hydrogens (tertiary/aromatic N) is 2. The van der Waals surface area contributed by atoms with Crippen LogP contribution in [0.15, 0.2) is 29.3 Å². The van der Waals surface area contributed by atoms with E-state index in [1.807, 2.05) is 24.3 Å². The van der Waals surface area contributed by atoms with Crippen LogP contribution < -0.4 is 10.6 Å². The van der Waals surface area contributed by atoms with E-state index in [0.29, 0.717) is 6.54 Å². The van der Waals surface area contributed by atoms with Crippen LogP contribution in [0.3, 0.4) is 0 Å². The third kappa shape index (κ3) is 6.87. The van der Waals surface area contributed by atoms with Gasteiger partial charge in [0.1, 0.15) is 0 Å². The van der Waals surface area contributed by atoms with E-state index in [1.165, 1.54) is 0 Å². The van der Waals surface area contributed by atoms with Gasteiger partial charge in [0.2, 0.25) is 0 Å². The van der Waals surface area contributed by atoms with Crippen LogP contribution in [-0.4, -0.2) is 55.3 Å². The van der Waals surface area contributed by atoms with Gasteiger partial charge in [0.05, 0.1) is 12.2 Å². The van der Waals surface area contributed by atoms with Crippen LogP contribution in [0, 0.1) is 0 Å². The lowest BCUT2D eigenvalue weighted by Crippen LogP contribution is -2.59. The molecule has 1 aliphatic rings. The van der Waals surface area contributed by atoms with E-state index in [-0.39, 0.29) is 41.7 Å². The van der Waals surface area contributed by atoms with Crippen molar-refractivity contribution < 1.29 is 4.74 Å². The summed E-state index contributed by atoms with van der Waals surface area (Å²) in [6.45, 7) is 12.1. The molecule has 0 amide bonds. The third-order valence-corrected chi connectivity index (χ3v) is 4.96. The largest absolute Gasteiger partial charge is 0.373 e. The van der Waals surface area contributed by atoms with E-state index in [9.17, 15) is 0 Å². The number of benzene rings is 1. The van der Waals surface area contributed by atoms with Crippen molar-refractivity contribution in [2.24, 2.45) is 4.99 Å². The van der Waals surface area contributed by atoms with Gasteiger partial charge in [0.25, 0.3) is 0 Å². The molecule has 2 rings (SSSR count). The van der Waals surface area contributed by atoms with Crippen molar-refractivity contribution in [3.8, 4) is 0 Å². The van der Waals surface area contributed by atoms with Gasteiger partial charge in [0.15, 0.2) is 5.96 Å². The molecular formula is C19H32ClIN4O. The molecule has 1 aromatic carbocycles. The molecule has 0 saturated carbocycles. The van der Waals surface area contributed by atoms with Crippen molar-refractivity contribution in [2.45, 2.75) is 52.0 Å². The van der Waals surface area contributed by atoms with E-state index < -0.39 is 0 Å². The summed E-state index contributed by atoms with van der Waals surface area (Å²) in [7, 11) is 1.79. The lowest BCUT2D eigenvalue weighted by atomic mass is 10.00. The Morgan fingerprint density at radius 2 is 1.85 bits per heavy atom. The Bertz CT molecular complexity index is 587. The lowest BCUT2D eigenvalue weighted by Gasteiger charge is -2.45. The molecule has 0 radical (unpaired) electrons. The highest BCUT2D eigenvalue weighted by Crippen LogP contribution is 2.20. The molecule has 0 aromatic heterocycles. The molecule has 0 spiro atoms. The van der Waals surface area contributed by atoms with E-state index >= 15 is 0 Å². The van der Waals surface area contributed by atoms with Crippen LogP contribution in [0.2, 0.25) is 5.02 Å². The van der Waals surface area contributed by atoms with Crippen LogP contribution in [0.4, 0.5) is 0 Å². The first-order chi connectivity index (χ1) is 11.8. The quantitative estimate of drug-likeness (QED) is 0.374. The molecule has 1 saturated heterocycles. The highest BCUT2D eigenvalue weighted by atomic mass is 127. The second-order valence-corrected chi connectivity index (χ2v) is 7.75. The minimum atomic E-state index is 0. The van der Waals surface area contributed by atoms with Gasteiger partial charge in [-0.25, -0.2) is 0 Å². The minimum Gasteiger partial charge on any atom is -0.373 e. The first-order valence-corrected chi connectivity index (χ1v) is 9.28. The molecule has 2 N–H and O–H groups in total. The maximum atomic E-state index is 6.21. The van der Waals surface area contributed by atoms with Crippen molar-refractivity contribution >= 4 is 41.5 Å². The number of halogens is 2. The summed E-state index contributed by atoms with van der Waals surface area (Å²) in [6.07, 6.45) is 0.529. The molecule has 1 aromatic rings. The fraction of sp³-hybridized carbons (Fsp3) is 0.632. The Hall–Kier alpha value is -0.570. The lowest BCUT2D eigenvalue weighted by molar-refractivity contribution is -0.0946. The number of nitrogens with one attached hydrogen (secondary N) is 2. The molecule has 0 aliphatic carbocycles. The summed E-state index contributed by atoms with van der Waals surface area (Å²) >= 11 is 6.21. The summed E-state index contributed by atoms with van der Waals surface area (Å²) in [5.74, 6) is 0.780. The van der Waals surface area contributed by atoms with E-state index in [0.717, 1.165) is 36.2 Å². The van der Waals surface area contributed by atoms with Crippen LogP contribution in [0.1, 0.15) is 33.3 Å². The molecule has 0 bridgehead atoms. The molecular weight excluding hydrogens is 463 g/mol. The Morgan fingerprint density at radius 3 is 2.42 bits per heavy atom. The van der Waals surface area contributed by atoms with Crippen LogP contribution >= 0.6 is 35.6 Å². The fourth-order valence-corrected chi connectivity index (χ4v) is 3.33. The Balaban J connectivity index is 0.00000338. The summed E-state index contributed by atoms with van der Waals surface area (Å²) in [6, 6.07) is 7.84. The molecule has 1 fully saturated rings. The SMILES string of the molecule is CN=C(NCc1ccccc1Cl)NCC(C)(C)N1CC(C)OC(C)C1.I. The van der Waals surface area contributed by atoms with E-state index in [4.69, 9.17) is 16.3 Å². The predicted octanol–water partition coefficient (Wildman–Crippen LogP) is 3.51. The molecule has 2 atom stereocenters. The van der Waals surface area contributed by atoms with Crippen LogP contribution in [0.25, 0.3) is 0 Å². The normalized spacial score (nSPS) is 21.8. The number of aliphatic imine (C=N–C) groups is 1. The Morgan fingerprint density at radius 1 is 1.23 bits per heavy atom. The number of hydrogen-bond donors (Lipinski definition) is 2. The average Bonchev–Trinajstić information content (AvgIpc) is 2.55. The number of hydrogen-bond acceptors (Lipinski definition) is 3. The summed E-state index contributed by atoms with van der Waals surface area (Å²) < 4.78 is 5.85. The first-order valence-electron chi connectivity index (χ1n) is 8.90. The summed E-state index contributed by atoms with van der Waals surface area (Å²) in [5.41, 5.74) is 1.07. The van der Waals surface area contributed by atoms with Gasteiger partial charge >= 0.3 is 0 Å². The molecule has 148 valence electrons. The standard InChI is InChI=1S/C19H31ClN4O.HI/c1-14-11-24(12-15(2)25-14)19(3,4)13-23-18(21-5)22-10-16-8-6-7-9-17(16)20;/h6-9,14-15H,10-13H2,1-5H3,(H2,21,22,23);1H. The molecule has 1 heterocycles. The fourth-order valence-electron chi connectivity index (χ4n) is 3.13. The van der Waals surface area contributed by atoms with Crippen LogP contribution in [0.5, 0.6) is 0 Å². The van der Waals surface area contributed by atoms with Gasteiger partial charge in [-0.3, -0.25) is 9.89 Å². The van der Waals surface area contributed by atoms with Gasteiger partial charge in [-0.15, -0.1) is 24.0 Å². The van der Waals surface area contributed by atoms with Crippen molar-refractivity contribution in [3.63, 3.8) is 0 Å². The Labute approximate surface area is 179 Å². The van der Waals surface area contributed by atoms with Gasteiger partial charge in [-0.2, -0.15) is 0 Å². The van der Waals surface area contributed by atoms with Crippen molar-refractivity contribution in [1.29, 1.82) is 0 Å². The van der Waals surface area contributed by atoms with Crippen LogP contribution in [-0.2, 0) is 11.3 Å². The maximum absolute atomic E-state index is 6.21. The van der Waals surface area contributed by atoms with Gasteiger partial charge < -0.3 is 15.4 Å². The average molecular weight is 495 g/mol. The zero-order valence-electron chi connectivity index (χ0n) is 16.4. The van der Waals surface area contributed by atoms with Gasteiger partial charge in [0, 0.05) is 43.8 Å². The molecule has 2 unspecified atom stereocenters. The number of morpholine rings is 1. The predicted molar refractivity (Wildman–Crippen MR) is 121 cm³/mol. The van der Waals surface area contributed by atoms with E-state index in [1.54, 1.807) is 7.05 Å². The summed E-state index contributed by atoms with van der Waals surface area (Å²) in [5, 5.41) is 7.54. The highest BCUT2D eigenvalue weighted by molar-refractivity contribution is 14.0. The number of ether oxygens (including phenoxy) is 1. The minimum absolute atomic E-state index is 0. The van der Waals surface area contributed by atoms with Crippen molar-refractivity contribution in [3.05, 3.63) is 34.9 Å². The van der Waals surface area contributed by atoms with Gasteiger partial charge in [-0.1, -0.05) is 29.8 Å². The third-order valence-electron chi connectivity index (χ3n) is 4.59. The number of rotatable bonds is 5. The van der Waals surface area contributed by atoms with Crippen molar-refractivity contribution in [2.75, 3.05) is 26.7 Å². The molecule has 7 heteroatoms. The second kappa shape index (κ2) is 10.7. The summed E-state index contributed by atoms with van der Waals surface area (Å²) in [4.78, 5) is 6.81. The Kier molecular flexibility index (Phi) is 9.64. The van der Waals surface area contributed by atoms with E-state index in [2.05, 4.69) is 48.2 Å².